The number of H-pyrrole nitrogens is 2. The number of rotatable bonds is 15. The lowest BCUT2D eigenvalue weighted by atomic mass is 9.98. The normalized spacial score (nSPS) is 11.9. The largest absolute Gasteiger partial charge is 0.350 e. The number of hydrogen-bond acceptors (Lipinski definition) is 6. The highest BCUT2D eigenvalue weighted by Gasteiger charge is 2.23. The Balaban J connectivity index is 1.15. The molecule has 0 saturated carbocycles. The van der Waals surface area contributed by atoms with Gasteiger partial charge in [0, 0.05) is 43.4 Å². The molecule has 0 bridgehead atoms. The summed E-state index contributed by atoms with van der Waals surface area (Å²) in [5.74, 6) is 1.22. The number of aromatic nitrogens is 4. The average Bonchev–Trinajstić information content (AvgIpc) is 3.81. The van der Waals surface area contributed by atoms with Crippen molar-refractivity contribution in [2.75, 3.05) is 6.54 Å². The second-order valence-corrected chi connectivity index (χ2v) is 11.2. The Labute approximate surface area is 267 Å². The molecule has 6 aromatic rings. The lowest BCUT2D eigenvalue weighted by Crippen LogP contribution is -2.46. The van der Waals surface area contributed by atoms with Crippen molar-refractivity contribution in [2.45, 2.75) is 45.1 Å². The maximum Gasteiger partial charge on any atom is 0.252 e. The summed E-state index contributed by atoms with van der Waals surface area (Å²) in [6.45, 7) is 2.87. The fraction of sp³-hybridized carbons (Fsp3) is 0.222. The second kappa shape index (κ2) is 15.1. The molecular formula is C36H38N8O2. The molecule has 2 aromatic heterocycles. The van der Waals surface area contributed by atoms with Crippen LogP contribution in [0, 0.1) is 0 Å². The predicted octanol–water partition coefficient (Wildman–Crippen LogP) is 4.71. The van der Waals surface area contributed by atoms with E-state index < -0.39 is 6.04 Å². The molecule has 6 rings (SSSR count). The maximum absolute atomic E-state index is 13.8. The summed E-state index contributed by atoms with van der Waals surface area (Å²) in [7, 11) is 0. The molecule has 2 amide bonds. The molecule has 234 valence electrons. The summed E-state index contributed by atoms with van der Waals surface area (Å²) >= 11 is 0. The number of carbonyl (C=O) groups excluding carboxylic acids is 2. The van der Waals surface area contributed by atoms with Crippen LogP contribution in [0.15, 0.2) is 104 Å². The Bertz CT molecular complexity index is 1880. The van der Waals surface area contributed by atoms with E-state index >= 15 is 0 Å². The summed E-state index contributed by atoms with van der Waals surface area (Å²) in [5, 5.41) is 17.0. The van der Waals surface area contributed by atoms with Crippen molar-refractivity contribution in [3.8, 4) is 0 Å². The van der Waals surface area contributed by atoms with Crippen molar-refractivity contribution >= 4 is 33.4 Å². The Hall–Kier alpha value is -5.32. The van der Waals surface area contributed by atoms with Crippen molar-refractivity contribution < 1.29 is 9.59 Å². The first-order valence-electron chi connectivity index (χ1n) is 15.6. The van der Waals surface area contributed by atoms with E-state index in [1.54, 1.807) is 24.8 Å². The second-order valence-electron chi connectivity index (χ2n) is 11.2. The number of benzene rings is 4. The molecule has 2 heterocycles. The summed E-state index contributed by atoms with van der Waals surface area (Å²) in [4.78, 5) is 42.1. The minimum absolute atomic E-state index is 0.213. The Morgan fingerprint density at radius 3 is 2.11 bits per heavy atom. The van der Waals surface area contributed by atoms with Gasteiger partial charge in [0.05, 0.1) is 13.1 Å². The van der Waals surface area contributed by atoms with E-state index in [-0.39, 0.29) is 11.8 Å². The van der Waals surface area contributed by atoms with Crippen molar-refractivity contribution in [2.24, 2.45) is 0 Å². The van der Waals surface area contributed by atoms with E-state index in [2.05, 4.69) is 59.4 Å². The minimum atomic E-state index is -0.707. The molecule has 0 aliphatic rings. The van der Waals surface area contributed by atoms with Crippen LogP contribution < -0.4 is 21.3 Å². The van der Waals surface area contributed by atoms with Gasteiger partial charge in [-0.05, 0) is 58.1 Å². The molecule has 0 saturated heterocycles. The molecule has 1 atom stereocenters. The van der Waals surface area contributed by atoms with Crippen LogP contribution >= 0.6 is 0 Å². The fourth-order valence-corrected chi connectivity index (χ4v) is 5.71. The van der Waals surface area contributed by atoms with Crippen molar-refractivity contribution in [1.29, 1.82) is 0 Å². The molecule has 0 spiro atoms. The number of amides is 2. The van der Waals surface area contributed by atoms with Crippen molar-refractivity contribution in [3.05, 3.63) is 132 Å². The molecule has 0 aliphatic heterocycles. The third kappa shape index (κ3) is 7.66. The molecule has 0 aliphatic carbocycles. The first-order chi connectivity index (χ1) is 22.7. The van der Waals surface area contributed by atoms with E-state index in [1.807, 2.05) is 60.7 Å². The lowest BCUT2D eigenvalue weighted by molar-refractivity contribution is -0.123. The van der Waals surface area contributed by atoms with Crippen LogP contribution in [0.2, 0.25) is 0 Å². The Kier molecular flexibility index (Phi) is 10.1. The van der Waals surface area contributed by atoms with Gasteiger partial charge in [0.25, 0.3) is 5.91 Å². The molecule has 0 radical (unpaired) electrons. The van der Waals surface area contributed by atoms with Gasteiger partial charge in [-0.2, -0.15) is 0 Å². The molecular weight excluding hydrogens is 576 g/mol. The van der Waals surface area contributed by atoms with Gasteiger partial charge in [-0.1, -0.05) is 72.8 Å². The van der Waals surface area contributed by atoms with E-state index in [1.165, 1.54) is 0 Å². The SMILES string of the molecule is O=C(N[C@@H](CCCNCc1ncc[nH]1)C(=O)NCc1cccc2ccccc12)c1ccc(CNCc2ncc[nH]2)c2ccccc12. The smallest absolute Gasteiger partial charge is 0.252 e. The van der Waals surface area contributed by atoms with Crippen LogP contribution in [0.25, 0.3) is 21.5 Å². The molecule has 4 aromatic carbocycles. The minimum Gasteiger partial charge on any atom is -0.350 e. The zero-order chi connectivity index (χ0) is 31.6. The third-order valence-corrected chi connectivity index (χ3v) is 8.07. The summed E-state index contributed by atoms with van der Waals surface area (Å²) in [5.41, 5.74) is 2.64. The maximum atomic E-state index is 13.8. The molecule has 0 fully saturated rings. The predicted molar refractivity (Wildman–Crippen MR) is 180 cm³/mol. The quantitative estimate of drug-likeness (QED) is 0.0926. The number of carbonyl (C=O) groups is 2. The van der Waals surface area contributed by atoms with Crippen LogP contribution in [-0.4, -0.2) is 44.3 Å². The van der Waals surface area contributed by atoms with Gasteiger partial charge < -0.3 is 31.2 Å². The average molecular weight is 615 g/mol. The van der Waals surface area contributed by atoms with Crippen LogP contribution in [0.1, 0.15) is 46.0 Å². The van der Waals surface area contributed by atoms with Gasteiger partial charge >= 0.3 is 0 Å². The first kappa shape index (κ1) is 30.7. The van der Waals surface area contributed by atoms with Crippen LogP contribution in [0.4, 0.5) is 0 Å². The zero-order valence-electron chi connectivity index (χ0n) is 25.6. The number of imidazole rings is 2. The van der Waals surface area contributed by atoms with E-state index in [9.17, 15) is 9.59 Å². The van der Waals surface area contributed by atoms with Gasteiger partial charge in [0.1, 0.15) is 17.7 Å². The van der Waals surface area contributed by atoms with Gasteiger partial charge in [-0.3, -0.25) is 9.59 Å². The fourth-order valence-electron chi connectivity index (χ4n) is 5.71. The highest BCUT2D eigenvalue weighted by molar-refractivity contribution is 6.09. The number of fused-ring (bicyclic) bond motifs is 2. The highest BCUT2D eigenvalue weighted by Crippen LogP contribution is 2.24. The third-order valence-electron chi connectivity index (χ3n) is 8.07. The molecule has 10 nitrogen and oxygen atoms in total. The number of aromatic amines is 2. The highest BCUT2D eigenvalue weighted by atomic mass is 16.2. The topological polar surface area (TPSA) is 140 Å². The number of hydrogen-bond donors (Lipinski definition) is 6. The molecule has 0 unspecified atom stereocenters. The van der Waals surface area contributed by atoms with Crippen LogP contribution in [0.5, 0.6) is 0 Å². The van der Waals surface area contributed by atoms with E-state index in [0.29, 0.717) is 51.1 Å². The summed E-state index contributed by atoms with van der Waals surface area (Å²) in [6, 6.07) is 25.2. The molecule has 46 heavy (non-hydrogen) atoms. The van der Waals surface area contributed by atoms with Crippen LogP contribution in [-0.2, 0) is 31.0 Å². The van der Waals surface area contributed by atoms with Crippen molar-refractivity contribution in [3.63, 3.8) is 0 Å². The standard InChI is InChI=1S/C36H38N8O2/c45-35(31-15-14-27(29-11-3-4-12-30(29)31)21-38-24-34-41-19-20-42-34)44-32(13-6-16-37-23-33-39-17-18-40-33)36(46)43-22-26-9-5-8-25-7-1-2-10-28(25)26/h1-5,7-12,14-15,17-20,32,37-38H,6,13,16,21-24H2,(H,39,40)(H,41,42)(H,43,46)(H,44,45)/t32-/m0/s1. The molecule has 10 heteroatoms. The molecule has 6 N–H and O–H groups in total. The monoisotopic (exact) mass is 614 g/mol. The van der Waals surface area contributed by atoms with Gasteiger partial charge in [0.15, 0.2) is 0 Å². The van der Waals surface area contributed by atoms with Gasteiger partial charge in [-0.15, -0.1) is 0 Å². The first-order valence-corrected chi connectivity index (χ1v) is 15.6. The van der Waals surface area contributed by atoms with Crippen LogP contribution in [0.3, 0.4) is 0 Å². The van der Waals surface area contributed by atoms with Gasteiger partial charge in [0.2, 0.25) is 5.91 Å². The lowest BCUT2D eigenvalue weighted by Gasteiger charge is -2.20. The number of nitrogens with zero attached hydrogens (tertiary/aromatic N) is 2. The summed E-state index contributed by atoms with van der Waals surface area (Å²) in [6.07, 6.45) is 8.20. The summed E-state index contributed by atoms with van der Waals surface area (Å²) < 4.78 is 0. The Morgan fingerprint density at radius 2 is 1.35 bits per heavy atom. The Morgan fingerprint density at radius 1 is 0.674 bits per heavy atom. The number of nitrogens with one attached hydrogen (secondary N) is 6. The van der Waals surface area contributed by atoms with Crippen molar-refractivity contribution in [1.82, 2.24) is 41.2 Å². The van der Waals surface area contributed by atoms with E-state index in [4.69, 9.17) is 0 Å². The van der Waals surface area contributed by atoms with E-state index in [0.717, 1.165) is 44.3 Å². The zero-order valence-corrected chi connectivity index (χ0v) is 25.6. The van der Waals surface area contributed by atoms with Gasteiger partial charge in [-0.25, -0.2) is 9.97 Å².